The van der Waals surface area contributed by atoms with Gasteiger partial charge in [-0.15, -0.1) is 0 Å². The van der Waals surface area contributed by atoms with Crippen LogP contribution in [0.4, 0.5) is 18.9 Å². The molecule has 0 unspecified atom stereocenters. The summed E-state index contributed by atoms with van der Waals surface area (Å²) in [4.78, 5) is 12.3. The van der Waals surface area contributed by atoms with Crippen molar-refractivity contribution < 1.29 is 26.4 Å². The average molecular weight is 421 g/mol. The zero-order valence-electron chi connectivity index (χ0n) is 16.2. The van der Waals surface area contributed by atoms with Crippen molar-refractivity contribution >= 4 is 21.8 Å². The van der Waals surface area contributed by atoms with Crippen LogP contribution in [-0.2, 0) is 21.2 Å². The highest BCUT2D eigenvalue weighted by atomic mass is 32.2. The van der Waals surface area contributed by atoms with Crippen LogP contribution in [0.15, 0.2) is 24.3 Å². The zero-order chi connectivity index (χ0) is 21.1. The lowest BCUT2D eigenvalue weighted by Crippen LogP contribution is -2.51. The van der Waals surface area contributed by atoms with E-state index in [4.69, 9.17) is 0 Å². The smallest absolute Gasteiger partial charge is 0.324 e. The largest absolute Gasteiger partial charge is 0.418 e. The number of halogens is 3. The number of para-hydroxylation sites is 1. The number of carbonyl (C=O) groups is 1. The number of alkyl halides is 3. The van der Waals surface area contributed by atoms with E-state index in [1.165, 1.54) is 16.4 Å². The molecule has 1 amide bonds. The molecule has 2 atom stereocenters. The van der Waals surface area contributed by atoms with Crippen LogP contribution in [0, 0.1) is 11.8 Å². The van der Waals surface area contributed by atoms with E-state index in [9.17, 15) is 26.4 Å². The summed E-state index contributed by atoms with van der Waals surface area (Å²) in [6.07, 6.45) is -3.70. The lowest BCUT2D eigenvalue weighted by Gasteiger charge is -2.36. The van der Waals surface area contributed by atoms with Gasteiger partial charge in [-0.2, -0.15) is 30.2 Å². The topological polar surface area (TPSA) is 69.7 Å². The number of piperidine rings is 1. The van der Waals surface area contributed by atoms with E-state index in [2.05, 4.69) is 5.32 Å². The number of nitrogens with zero attached hydrogens (tertiary/aromatic N) is 2. The van der Waals surface area contributed by atoms with Crippen molar-refractivity contribution in [1.82, 2.24) is 8.61 Å². The SMILES string of the molecule is CCN(CC(=O)Nc1ccccc1C(F)(F)F)S(=O)(=O)N1C[C@H](C)C[C@H](C)C1. The van der Waals surface area contributed by atoms with Gasteiger partial charge in [-0.05, 0) is 30.4 Å². The van der Waals surface area contributed by atoms with Crippen molar-refractivity contribution in [3.05, 3.63) is 29.8 Å². The van der Waals surface area contributed by atoms with Crippen LogP contribution in [0.3, 0.4) is 0 Å². The molecule has 1 fully saturated rings. The first-order valence-corrected chi connectivity index (χ1v) is 10.6. The van der Waals surface area contributed by atoms with Gasteiger partial charge in [0.2, 0.25) is 5.91 Å². The Labute approximate surface area is 163 Å². The van der Waals surface area contributed by atoms with Crippen LogP contribution < -0.4 is 5.32 Å². The fourth-order valence-corrected chi connectivity index (χ4v) is 5.32. The van der Waals surface area contributed by atoms with Crippen LogP contribution in [-0.4, -0.2) is 49.1 Å². The van der Waals surface area contributed by atoms with E-state index in [0.29, 0.717) is 13.1 Å². The van der Waals surface area contributed by atoms with Gasteiger partial charge in [0, 0.05) is 19.6 Å². The number of likely N-dealkylation sites (N-methyl/N-ethyl adjacent to an activating group) is 1. The fourth-order valence-electron chi connectivity index (χ4n) is 3.50. The van der Waals surface area contributed by atoms with Gasteiger partial charge in [-0.1, -0.05) is 32.9 Å². The predicted octanol–water partition coefficient (Wildman–Crippen LogP) is 3.19. The number of anilines is 1. The minimum atomic E-state index is -4.62. The highest BCUT2D eigenvalue weighted by molar-refractivity contribution is 7.86. The van der Waals surface area contributed by atoms with Gasteiger partial charge < -0.3 is 5.32 Å². The van der Waals surface area contributed by atoms with Crippen molar-refractivity contribution in [1.29, 1.82) is 0 Å². The van der Waals surface area contributed by atoms with E-state index in [1.54, 1.807) is 6.92 Å². The molecule has 10 heteroatoms. The summed E-state index contributed by atoms with van der Waals surface area (Å²) in [5.41, 5.74) is -1.37. The van der Waals surface area contributed by atoms with Crippen molar-refractivity contribution in [2.75, 3.05) is 31.5 Å². The molecule has 0 aliphatic carbocycles. The Morgan fingerprint density at radius 2 is 1.79 bits per heavy atom. The number of carbonyl (C=O) groups excluding carboxylic acids is 1. The number of nitrogens with one attached hydrogen (secondary N) is 1. The first kappa shape index (κ1) is 22.6. The molecule has 0 radical (unpaired) electrons. The molecule has 0 spiro atoms. The maximum atomic E-state index is 13.1. The maximum Gasteiger partial charge on any atom is 0.418 e. The molecule has 1 saturated heterocycles. The molecular weight excluding hydrogens is 395 g/mol. The highest BCUT2D eigenvalue weighted by Gasteiger charge is 2.36. The van der Waals surface area contributed by atoms with Gasteiger partial charge in [0.05, 0.1) is 17.8 Å². The number of amides is 1. The quantitative estimate of drug-likeness (QED) is 0.767. The molecule has 1 aliphatic heterocycles. The Bertz CT molecular complexity index is 789. The van der Waals surface area contributed by atoms with Crippen LogP contribution >= 0.6 is 0 Å². The summed E-state index contributed by atoms with van der Waals surface area (Å²) in [7, 11) is -3.88. The summed E-state index contributed by atoms with van der Waals surface area (Å²) in [6.45, 7) is 5.74. The number of hydrogen-bond donors (Lipinski definition) is 1. The third-order valence-corrected chi connectivity index (χ3v) is 6.66. The molecule has 28 heavy (non-hydrogen) atoms. The predicted molar refractivity (Wildman–Crippen MR) is 101 cm³/mol. The van der Waals surface area contributed by atoms with E-state index < -0.39 is 40.1 Å². The first-order valence-electron chi connectivity index (χ1n) is 9.16. The molecule has 0 aromatic heterocycles. The molecule has 0 bridgehead atoms. The maximum absolute atomic E-state index is 13.1. The molecular formula is C18H26F3N3O3S. The van der Waals surface area contributed by atoms with Gasteiger partial charge in [0.1, 0.15) is 0 Å². The lowest BCUT2D eigenvalue weighted by molar-refractivity contribution is -0.137. The van der Waals surface area contributed by atoms with E-state index in [1.807, 2.05) is 13.8 Å². The minimum Gasteiger partial charge on any atom is -0.324 e. The molecule has 6 nitrogen and oxygen atoms in total. The van der Waals surface area contributed by atoms with E-state index in [0.717, 1.165) is 22.9 Å². The summed E-state index contributed by atoms with van der Waals surface area (Å²) in [5.74, 6) is -0.422. The molecule has 2 rings (SSSR count). The molecule has 1 heterocycles. The Kier molecular flexibility index (Phi) is 7.11. The normalized spacial score (nSPS) is 21.7. The minimum absolute atomic E-state index is 0.0376. The van der Waals surface area contributed by atoms with E-state index in [-0.39, 0.29) is 18.4 Å². The Balaban J connectivity index is 2.14. The highest BCUT2D eigenvalue weighted by Crippen LogP contribution is 2.34. The van der Waals surface area contributed by atoms with Gasteiger partial charge >= 0.3 is 6.18 Å². The summed E-state index contributed by atoms with van der Waals surface area (Å²) < 4.78 is 67.4. The van der Waals surface area contributed by atoms with E-state index >= 15 is 0 Å². The Morgan fingerprint density at radius 1 is 1.21 bits per heavy atom. The van der Waals surface area contributed by atoms with Crippen LogP contribution in [0.1, 0.15) is 32.8 Å². The monoisotopic (exact) mass is 421 g/mol. The standard InChI is InChI=1S/C18H26F3N3O3S/c1-4-23(28(26,27)24-10-13(2)9-14(3)11-24)12-17(25)22-16-8-6-5-7-15(16)18(19,20)21/h5-8,13-14H,4,9-12H2,1-3H3,(H,22,25)/t13-,14+. The second-order valence-corrected chi connectivity index (χ2v) is 9.22. The van der Waals surface area contributed by atoms with Crippen molar-refractivity contribution in [2.45, 2.75) is 33.4 Å². The first-order chi connectivity index (χ1) is 12.9. The molecule has 1 aromatic rings. The Morgan fingerprint density at radius 3 is 2.32 bits per heavy atom. The molecule has 158 valence electrons. The van der Waals surface area contributed by atoms with Gasteiger partial charge in [-0.3, -0.25) is 4.79 Å². The van der Waals surface area contributed by atoms with Crippen molar-refractivity contribution in [3.8, 4) is 0 Å². The second kappa shape index (κ2) is 8.79. The van der Waals surface area contributed by atoms with Crippen LogP contribution in [0.2, 0.25) is 0 Å². The average Bonchev–Trinajstić information content (AvgIpc) is 2.58. The lowest BCUT2D eigenvalue weighted by atomic mass is 9.94. The molecule has 1 aliphatic rings. The van der Waals surface area contributed by atoms with Crippen molar-refractivity contribution in [3.63, 3.8) is 0 Å². The number of rotatable bonds is 6. The van der Waals surface area contributed by atoms with Crippen molar-refractivity contribution in [2.24, 2.45) is 11.8 Å². The molecule has 0 saturated carbocycles. The molecule has 1 aromatic carbocycles. The fraction of sp³-hybridized carbons (Fsp3) is 0.611. The zero-order valence-corrected chi connectivity index (χ0v) is 17.0. The van der Waals surface area contributed by atoms with Gasteiger partial charge in [-0.25, -0.2) is 0 Å². The summed E-state index contributed by atoms with van der Waals surface area (Å²) >= 11 is 0. The van der Waals surface area contributed by atoms with Gasteiger partial charge in [0.25, 0.3) is 10.2 Å². The second-order valence-electron chi connectivity index (χ2n) is 7.29. The van der Waals surface area contributed by atoms with Crippen LogP contribution in [0.25, 0.3) is 0 Å². The number of benzene rings is 1. The molecule has 1 N–H and O–H groups in total. The van der Waals surface area contributed by atoms with Gasteiger partial charge in [0.15, 0.2) is 0 Å². The summed E-state index contributed by atoms with van der Waals surface area (Å²) in [5, 5.41) is 2.19. The van der Waals surface area contributed by atoms with Crippen LogP contribution in [0.5, 0.6) is 0 Å². The number of hydrogen-bond acceptors (Lipinski definition) is 3. The Hall–Kier alpha value is -1.65. The third kappa shape index (κ3) is 5.45. The third-order valence-electron chi connectivity index (χ3n) is 4.67. The summed E-state index contributed by atoms with van der Waals surface area (Å²) in [6, 6.07) is 4.59.